The summed E-state index contributed by atoms with van der Waals surface area (Å²) in [5, 5.41) is 2.94. The molecule has 2 nitrogen and oxygen atoms in total. The molecule has 0 saturated heterocycles. The maximum absolute atomic E-state index is 11.4. The maximum atomic E-state index is 11.4. The summed E-state index contributed by atoms with van der Waals surface area (Å²) in [6.45, 7) is 8.62. The summed E-state index contributed by atoms with van der Waals surface area (Å²) in [7, 11) is 0. The van der Waals surface area contributed by atoms with Crippen molar-refractivity contribution in [1.82, 2.24) is 5.32 Å². The van der Waals surface area contributed by atoms with E-state index in [1.165, 1.54) is 51.4 Å². The molecule has 2 heteroatoms. The van der Waals surface area contributed by atoms with E-state index in [0.717, 1.165) is 12.3 Å². The van der Waals surface area contributed by atoms with E-state index < -0.39 is 0 Å². The molecular weight excluding hydrogens is 234 g/mol. The van der Waals surface area contributed by atoms with Crippen LogP contribution in [0.5, 0.6) is 0 Å². The Bertz CT molecular complexity index is 211. The van der Waals surface area contributed by atoms with E-state index in [4.69, 9.17) is 0 Å². The van der Waals surface area contributed by atoms with Gasteiger partial charge in [-0.2, -0.15) is 0 Å². The monoisotopic (exact) mass is 269 g/mol. The SMILES string of the molecule is CC(C)CCCCCCCCCCC(=O)NC(C)C. The normalized spacial score (nSPS) is 11.3. The smallest absolute Gasteiger partial charge is 0.220 e. The van der Waals surface area contributed by atoms with Crippen molar-refractivity contribution in [2.24, 2.45) is 5.92 Å². The quantitative estimate of drug-likeness (QED) is 0.492. The molecule has 0 spiro atoms. The number of hydrogen-bond donors (Lipinski definition) is 1. The van der Waals surface area contributed by atoms with Gasteiger partial charge in [-0.15, -0.1) is 0 Å². The van der Waals surface area contributed by atoms with Gasteiger partial charge in [0.2, 0.25) is 5.91 Å². The van der Waals surface area contributed by atoms with E-state index in [9.17, 15) is 4.79 Å². The third kappa shape index (κ3) is 15.4. The molecule has 0 unspecified atom stereocenters. The minimum atomic E-state index is 0.212. The van der Waals surface area contributed by atoms with Crippen LogP contribution in [-0.2, 0) is 4.79 Å². The highest BCUT2D eigenvalue weighted by molar-refractivity contribution is 5.76. The molecule has 0 atom stereocenters. The molecule has 19 heavy (non-hydrogen) atoms. The Morgan fingerprint density at radius 3 is 1.74 bits per heavy atom. The van der Waals surface area contributed by atoms with Gasteiger partial charge >= 0.3 is 0 Å². The van der Waals surface area contributed by atoms with Crippen molar-refractivity contribution in [2.45, 2.75) is 97.9 Å². The Morgan fingerprint density at radius 1 is 0.789 bits per heavy atom. The van der Waals surface area contributed by atoms with E-state index in [1.807, 2.05) is 13.8 Å². The zero-order valence-electron chi connectivity index (χ0n) is 13.6. The first-order valence-electron chi connectivity index (χ1n) is 8.31. The zero-order chi connectivity index (χ0) is 14.5. The first-order chi connectivity index (χ1) is 9.02. The van der Waals surface area contributed by atoms with Crippen molar-refractivity contribution in [3.63, 3.8) is 0 Å². The maximum Gasteiger partial charge on any atom is 0.220 e. The summed E-state index contributed by atoms with van der Waals surface area (Å²) in [6.07, 6.45) is 12.5. The van der Waals surface area contributed by atoms with Crippen LogP contribution in [-0.4, -0.2) is 11.9 Å². The molecule has 0 fully saturated rings. The number of rotatable bonds is 12. The molecule has 0 bridgehead atoms. The van der Waals surface area contributed by atoms with Crippen LogP contribution in [0.25, 0.3) is 0 Å². The fourth-order valence-corrected chi connectivity index (χ4v) is 2.29. The van der Waals surface area contributed by atoms with Crippen LogP contribution in [0.3, 0.4) is 0 Å². The highest BCUT2D eigenvalue weighted by atomic mass is 16.1. The fourth-order valence-electron chi connectivity index (χ4n) is 2.29. The van der Waals surface area contributed by atoms with Gasteiger partial charge in [0.25, 0.3) is 0 Å². The van der Waals surface area contributed by atoms with Crippen LogP contribution < -0.4 is 5.32 Å². The topological polar surface area (TPSA) is 29.1 Å². The van der Waals surface area contributed by atoms with Crippen molar-refractivity contribution in [2.75, 3.05) is 0 Å². The Hall–Kier alpha value is -0.530. The van der Waals surface area contributed by atoms with E-state index >= 15 is 0 Å². The summed E-state index contributed by atoms with van der Waals surface area (Å²) in [6, 6.07) is 0.276. The van der Waals surface area contributed by atoms with Crippen LogP contribution in [0.15, 0.2) is 0 Å². The number of carbonyl (C=O) groups is 1. The molecule has 0 saturated carbocycles. The van der Waals surface area contributed by atoms with Crippen molar-refractivity contribution in [1.29, 1.82) is 0 Å². The van der Waals surface area contributed by atoms with Gasteiger partial charge in [0.05, 0.1) is 0 Å². The molecule has 0 aromatic heterocycles. The predicted octanol–water partition coefficient (Wildman–Crippen LogP) is 5.07. The number of hydrogen-bond acceptors (Lipinski definition) is 1. The lowest BCUT2D eigenvalue weighted by molar-refractivity contribution is -0.121. The van der Waals surface area contributed by atoms with Crippen LogP contribution in [0.4, 0.5) is 0 Å². The van der Waals surface area contributed by atoms with Gasteiger partial charge in [-0.25, -0.2) is 0 Å². The van der Waals surface area contributed by atoms with Gasteiger partial charge in [0, 0.05) is 12.5 Å². The molecule has 0 aliphatic rings. The zero-order valence-corrected chi connectivity index (χ0v) is 13.6. The predicted molar refractivity (Wildman–Crippen MR) is 84.3 cm³/mol. The second kappa shape index (κ2) is 12.5. The highest BCUT2D eigenvalue weighted by Gasteiger charge is 2.02. The van der Waals surface area contributed by atoms with Crippen molar-refractivity contribution >= 4 is 5.91 Å². The summed E-state index contributed by atoms with van der Waals surface area (Å²) in [5.41, 5.74) is 0. The Balaban J connectivity index is 3.13. The van der Waals surface area contributed by atoms with E-state index in [-0.39, 0.29) is 11.9 Å². The molecule has 0 aromatic carbocycles. The second-order valence-electron chi connectivity index (χ2n) is 6.48. The first kappa shape index (κ1) is 18.5. The van der Waals surface area contributed by atoms with Crippen LogP contribution in [0.1, 0.15) is 91.9 Å². The fraction of sp³-hybridized carbons (Fsp3) is 0.941. The molecule has 0 aliphatic carbocycles. The van der Waals surface area contributed by atoms with Crippen molar-refractivity contribution < 1.29 is 4.79 Å². The van der Waals surface area contributed by atoms with E-state index in [2.05, 4.69) is 19.2 Å². The first-order valence-corrected chi connectivity index (χ1v) is 8.31. The molecule has 0 heterocycles. The number of amides is 1. The molecule has 1 N–H and O–H groups in total. The molecule has 0 rings (SSSR count). The summed E-state index contributed by atoms with van der Waals surface area (Å²) in [4.78, 5) is 11.4. The van der Waals surface area contributed by atoms with Gasteiger partial charge in [0.15, 0.2) is 0 Å². The summed E-state index contributed by atoms with van der Waals surface area (Å²) < 4.78 is 0. The molecule has 1 amide bonds. The molecule has 0 aliphatic heterocycles. The number of nitrogens with one attached hydrogen (secondary N) is 1. The highest BCUT2D eigenvalue weighted by Crippen LogP contribution is 2.12. The van der Waals surface area contributed by atoms with Crippen LogP contribution in [0.2, 0.25) is 0 Å². The largest absolute Gasteiger partial charge is 0.354 e. The average Bonchev–Trinajstić information content (AvgIpc) is 2.30. The minimum Gasteiger partial charge on any atom is -0.354 e. The van der Waals surface area contributed by atoms with Gasteiger partial charge in [-0.3, -0.25) is 4.79 Å². The van der Waals surface area contributed by atoms with E-state index in [1.54, 1.807) is 0 Å². The Labute approximate surface area is 120 Å². The van der Waals surface area contributed by atoms with Crippen LogP contribution in [0, 0.1) is 5.92 Å². The minimum absolute atomic E-state index is 0.212. The molecular formula is C17H35NO. The molecule has 0 aromatic rings. The molecule has 0 radical (unpaired) electrons. The Morgan fingerprint density at radius 2 is 1.26 bits per heavy atom. The van der Waals surface area contributed by atoms with Gasteiger partial charge in [0.1, 0.15) is 0 Å². The molecule has 114 valence electrons. The van der Waals surface area contributed by atoms with Gasteiger partial charge in [-0.1, -0.05) is 65.2 Å². The lowest BCUT2D eigenvalue weighted by atomic mass is 10.0. The third-order valence-electron chi connectivity index (χ3n) is 3.38. The number of carbonyl (C=O) groups excluding carboxylic acids is 1. The van der Waals surface area contributed by atoms with Crippen molar-refractivity contribution in [3.8, 4) is 0 Å². The van der Waals surface area contributed by atoms with Gasteiger partial charge in [-0.05, 0) is 26.2 Å². The second-order valence-corrected chi connectivity index (χ2v) is 6.48. The number of unbranched alkanes of at least 4 members (excludes halogenated alkanes) is 7. The lowest BCUT2D eigenvalue weighted by Crippen LogP contribution is -2.29. The lowest BCUT2D eigenvalue weighted by Gasteiger charge is -2.08. The Kier molecular flexibility index (Phi) is 12.2. The third-order valence-corrected chi connectivity index (χ3v) is 3.38. The standard InChI is InChI=1S/C17H35NO/c1-15(2)13-11-9-7-5-6-8-10-12-14-17(19)18-16(3)4/h15-16H,5-14H2,1-4H3,(H,18,19). The van der Waals surface area contributed by atoms with Gasteiger partial charge < -0.3 is 5.32 Å². The average molecular weight is 269 g/mol. The van der Waals surface area contributed by atoms with E-state index in [0.29, 0.717) is 6.42 Å². The van der Waals surface area contributed by atoms with Crippen molar-refractivity contribution in [3.05, 3.63) is 0 Å². The summed E-state index contributed by atoms with van der Waals surface area (Å²) in [5.74, 6) is 1.07. The summed E-state index contributed by atoms with van der Waals surface area (Å²) >= 11 is 0. The van der Waals surface area contributed by atoms with Crippen LogP contribution >= 0.6 is 0 Å².